The van der Waals surface area contributed by atoms with Gasteiger partial charge in [-0.15, -0.1) is 0 Å². The van der Waals surface area contributed by atoms with Gasteiger partial charge in [-0.3, -0.25) is 0 Å². The van der Waals surface area contributed by atoms with Crippen molar-refractivity contribution in [2.45, 2.75) is 51.9 Å². The number of esters is 1. The van der Waals surface area contributed by atoms with E-state index in [1.165, 1.54) is 0 Å². The van der Waals surface area contributed by atoms with Gasteiger partial charge in [-0.05, 0) is 42.8 Å². The summed E-state index contributed by atoms with van der Waals surface area (Å²) < 4.78 is 11.7. The number of carbonyl (C=O) groups excluding carboxylic acids is 1. The number of benzene rings is 1. The van der Waals surface area contributed by atoms with E-state index in [1.54, 1.807) is 0 Å². The van der Waals surface area contributed by atoms with Crippen LogP contribution in [0.15, 0.2) is 24.3 Å². The zero-order valence-electron chi connectivity index (χ0n) is 15.4. The maximum absolute atomic E-state index is 12.5. The van der Waals surface area contributed by atoms with Crippen LogP contribution in [0.2, 0.25) is 18.1 Å². The monoisotopic (exact) mass is 337 g/mol. The maximum atomic E-state index is 12.5. The fourth-order valence-corrected chi connectivity index (χ4v) is 5.40. The molecule has 1 aromatic rings. The molecule has 1 atom stereocenters. The van der Waals surface area contributed by atoms with Gasteiger partial charge in [0, 0.05) is 19.8 Å². The molecule has 1 aromatic carbocycles. The van der Waals surface area contributed by atoms with Crippen molar-refractivity contribution in [3.63, 3.8) is 0 Å². The van der Waals surface area contributed by atoms with E-state index in [0.717, 1.165) is 29.4 Å². The van der Waals surface area contributed by atoms with Crippen LogP contribution in [-0.4, -0.2) is 35.0 Å². The second-order valence-electron chi connectivity index (χ2n) is 5.98. The van der Waals surface area contributed by atoms with Crippen LogP contribution >= 0.6 is 0 Å². The molecule has 0 unspecified atom stereocenters. The van der Waals surface area contributed by atoms with Crippen molar-refractivity contribution in [2.24, 2.45) is 0 Å². The number of carbonyl (C=O) groups is 1. The fourth-order valence-electron chi connectivity index (χ4n) is 2.67. The number of anilines is 1. The minimum absolute atomic E-state index is 0.280. The van der Waals surface area contributed by atoms with Crippen molar-refractivity contribution in [2.75, 3.05) is 25.6 Å². The first kappa shape index (κ1) is 19.7. The van der Waals surface area contributed by atoms with Crippen LogP contribution in [-0.2, 0) is 14.0 Å². The van der Waals surface area contributed by atoms with Gasteiger partial charge in [-0.2, -0.15) is 0 Å². The average Bonchev–Trinajstić information content (AvgIpc) is 2.57. The summed E-state index contributed by atoms with van der Waals surface area (Å²) in [5.74, 6) is -0.280. The van der Waals surface area contributed by atoms with Gasteiger partial charge >= 0.3 is 5.97 Å². The zero-order valence-corrected chi connectivity index (χ0v) is 16.4. The Kier molecular flexibility index (Phi) is 7.78. The van der Waals surface area contributed by atoms with Gasteiger partial charge in [-0.25, -0.2) is 4.79 Å². The molecule has 0 amide bonds. The zero-order chi connectivity index (χ0) is 17.5. The lowest BCUT2D eigenvalue weighted by Gasteiger charge is -2.32. The third-order valence-corrected chi connectivity index (χ3v) is 9.12. The van der Waals surface area contributed by atoms with Gasteiger partial charge in [0.15, 0.2) is 14.4 Å². The van der Waals surface area contributed by atoms with Gasteiger partial charge in [0.05, 0.1) is 6.61 Å². The molecule has 0 aliphatic carbocycles. The first-order valence-corrected chi connectivity index (χ1v) is 11.1. The molecule has 0 aromatic heterocycles. The van der Waals surface area contributed by atoms with Crippen LogP contribution in [0.1, 0.15) is 39.4 Å². The summed E-state index contributed by atoms with van der Waals surface area (Å²) in [7, 11) is 2.09. The first-order chi connectivity index (χ1) is 10.9. The van der Waals surface area contributed by atoms with Gasteiger partial charge in [0.1, 0.15) is 0 Å². The maximum Gasteiger partial charge on any atom is 0.338 e. The van der Waals surface area contributed by atoms with E-state index < -0.39 is 14.4 Å². The highest BCUT2D eigenvalue weighted by atomic mass is 28.4. The number of nitrogens with zero attached hydrogens (tertiary/aromatic N) is 1. The second kappa shape index (κ2) is 9.08. The Hall–Kier alpha value is -1.33. The highest BCUT2D eigenvalue weighted by Gasteiger charge is 2.36. The highest BCUT2D eigenvalue weighted by Crippen LogP contribution is 2.31. The Balaban J connectivity index is 3.12. The lowest BCUT2D eigenvalue weighted by atomic mass is 10.1. The minimum atomic E-state index is -1.90. The average molecular weight is 338 g/mol. The van der Waals surface area contributed by atoms with E-state index in [-0.39, 0.29) is 5.97 Å². The molecule has 4 nitrogen and oxygen atoms in total. The number of hydrogen-bond donors (Lipinski definition) is 0. The standard InChI is InChI=1S/C18H31NO3Si/c1-7-21-18(20)17(22-23(8-2,9-3)10-4)15-11-13-16(14-12-15)19(5)6/h11-14,17H,7-10H2,1-6H3/t17-/m1/s1. The number of ether oxygens (including phenoxy) is 1. The lowest BCUT2D eigenvalue weighted by Crippen LogP contribution is -2.39. The van der Waals surface area contributed by atoms with Crippen LogP contribution in [0.4, 0.5) is 5.69 Å². The van der Waals surface area contributed by atoms with Crippen LogP contribution in [0.3, 0.4) is 0 Å². The van der Waals surface area contributed by atoms with E-state index in [4.69, 9.17) is 9.16 Å². The normalized spacial score (nSPS) is 12.8. The summed E-state index contributed by atoms with van der Waals surface area (Å²) in [6.45, 7) is 8.69. The van der Waals surface area contributed by atoms with Crippen LogP contribution in [0.5, 0.6) is 0 Å². The quantitative estimate of drug-likeness (QED) is 0.495. The topological polar surface area (TPSA) is 38.8 Å². The molecule has 0 spiro atoms. The SMILES string of the molecule is CCOC(=O)[C@H](O[Si](CC)(CC)CC)c1ccc(N(C)C)cc1. The first-order valence-electron chi connectivity index (χ1n) is 8.54. The Bertz CT molecular complexity index is 475. The van der Waals surface area contributed by atoms with E-state index in [9.17, 15) is 4.79 Å². The highest BCUT2D eigenvalue weighted by molar-refractivity contribution is 6.73. The molecule has 0 aliphatic heterocycles. The minimum Gasteiger partial charge on any atom is -0.464 e. The van der Waals surface area contributed by atoms with Crippen molar-refractivity contribution in [1.29, 1.82) is 0 Å². The molecule has 0 fully saturated rings. The molecule has 23 heavy (non-hydrogen) atoms. The van der Waals surface area contributed by atoms with E-state index in [2.05, 4.69) is 20.8 Å². The molecular weight excluding hydrogens is 306 g/mol. The third kappa shape index (κ3) is 5.08. The summed E-state index contributed by atoms with van der Waals surface area (Å²) in [6, 6.07) is 11.0. The van der Waals surface area contributed by atoms with Crippen LogP contribution < -0.4 is 4.90 Å². The van der Waals surface area contributed by atoms with Crippen molar-refractivity contribution in [3.05, 3.63) is 29.8 Å². The van der Waals surface area contributed by atoms with Crippen LogP contribution in [0, 0.1) is 0 Å². The Morgan fingerprint density at radius 1 is 1.04 bits per heavy atom. The molecular formula is C18H31NO3Si. The van der Waals surface area contributed by atoms with Gasteiger partial charge < -0.3 is 14.1 Å². The number of hydrogen-bond acceptors (Lipinski definition) is 4. The predicted molar refractivity (Wildman–Crippen MR) is 98.4 cm³/mol. The summed E-state index contributed by atoms with van der Waals surface area (Å²) in [4.78, 5) is 14.5. The summed E-state index contributed by atoms with van der Waals surface area (Å²) in [5, 5.41) is 0. The van der Waals surface area contributed by atoms with Crippen molar-refractivity contribution < 1.29 is 14.0 Å². The molecule has 0 heterocycles. The molecule has 0 saturated carbocycles. The molecule has 1 rings (SSSR count). The molecule has 0 N–H and O–H groups in total. The molecule has 5 heteroatoms. The van der Waals surface area contributed by atoms with Gasteiger partial charge in [-0.1, -0.05) is 32.9 Å². The summed E-state index contributed by atoms with van der Waals surface area (Å²) >= 11 is 0. The molecule has 130 valence electrons. The van der Waals surface area contributed by atoms with E-state index in [1.807, 2.05) is 50.2 Å². The lowest BCUT2D eigenvalue weighted by molar-refractivity contribution is -0.152. The van der Waals surface area contributed by atoms with E-state index >= 15 is 0 Å². The summed E-state index contributed by atoms with van der Waals surface area (Å²) in [5.41, 5.74) is 1.97. The Labute approximate surface area is 141 Å². The smallest absolute Gasteiger partial charge is 0.338 e. The summed E-state index contributed by atoms with van der Waals surface area (Å²) in [6.07, 6.45) is -0.613. The predicted octanol–water partition coefficient (Wildman–Crippen LogP) is 4.38. The Morgan fingerprint density at radius 2 is 1.57 bits per heavy atom. The third-order valence-electron chi connectivity index (χ3n) is 4.51. The van der Waals surface area contributed by atoms with Crippen LogP contribution in [0.25, 0.3) is 0 Å². The fraction of sp³-hybridized carbons (Fsp3) is 0.611. The van der Waals surface area contributed by atoms with Gasteiger partial charge in [0.25, 0.3) is 0 Å². The van der Waals surface area contributed by atoms with Crippen molar-refractivity contribution in [1.82, 2.24) is 0 Å². The van der Waals surface area contributed by atoms with Crippen molar-refractivity contribution >= 4 is 20.0 Å². The number of rotatable bonds is 9. The van der Waals surface area contributed by atoms with Crippen molar-refractivity contribution in [3.8, 4) is 0 Å². The van der Waals surface area contributed by atoms with Gasteiger partial charge in [0.2, 0.25) is 0 Å². The van der Waals surface area contributed by atoms with E-state index in [0.29, 0.717) is 6.61 Å². The molecule has 0 radical (unpaired) electrons. The molecule has 0 aliphatic rings. The molecule has 0 saturated heterocycles. The Morgan fingerprint density at radius 3 is 1.96 bits per heavy atom. The molecule has 0 bridgehead atoms. The second-order valence-corrected chi connectivity index (χ2v) is 10.7. The largest absolute Gasteiger partial charge is 0.464 e.